The second kappa shape index (κ2) is 7.39. The minimum absolute atomic E-state index is 0.0781. The van der Waals surface area contributed by atoms with Crippen LogP contribution in [0.25, 0.3) is 0 Å². The van der Waals surface area contributed by atoms with E-state index in [1.165, 1.54) is 0 Å². The minimum Gasteiger partial charge on any atom is -0.467 e. The van der Waals surface area contributed by atoms with Crippen LogP contribution in [0.3, 0.4) is 0 Å². The highest BCUT2D eigenvalue weighted by Crippen LogP contribution is 2.29. The summed E-state index contributed by atoms with van der Waals surface area (Å²) < 4.78 is 5.26. The fourth-order valence-electron chi connectivity index (χ4n) is 2.58. The van der Waals surface area contributed by atoms with Crippen LogP contribution in [0.1, 0.15) is 42.6 Å². The smallest absolute Gasteiger partial charge is 0.274 e. The number of benzene rings is 1. The number of furan rings is 1. The van der Waals surface area contributed by atoms with E-state index in [0.29, 0.717) is 18.2 Å². The summed E-state index contributed by atoms with van der Waals surface area (Å²) in [5, 5.41) is 6.00. The lowest BCUT2D eigenvalue weighted by Crippen LogP contribution is -2.20. The molecule has 0 aliphatic heterocycles. The number of amides is 1. The van der Waals surface area contributed by atoms with E-state index in [0.717, 1.165) is 17.0 Å². The summed E-state index contributed by atoms with van der Waals surface area (Å²) in [5.41, 5.74) is 2.07. The minimum atomic E-state index is -0.273. The van der Waals surface area contributed by atoms with Crippen LogP contribution < -0.4 is 10.6 Å². The zero-order chi connectivity index (χ0) is 18.6. The van der Waals surface area contributed by atoms with Gasteiger partial charge in [-0.05, 0) is 35.2 Å². The quantitative estimate of drug-likeness (QED) is 0.720. The first-order chi connectivity index (χ1) is 12.4. The third-order valence-corrected chi connectivity index (χ3v) is 3.87. The molecule has 0 unspecified atom stereocenters. The molecule has 2 heterocycles. The Bertz CT molecular complexity index is 883. The number of hydrogen-bond acceptors (Lipinski definition) is 5. The van der Waals surface area contributed by atoms with Gasteiger partial charge >= 0.3 is 0 Å². The molecule has 6 nitrogen and oxygen atoms in total. The Morgan fingerprint density at radius 2 is 1.92 bits per heavy atom. The van der Waals surface area contributed by atoms with Crippen molar-refractivity contribution in [3.63, 3.8) is 0 Å². The molecule has 0 fully saturated rings. The maximum atomic E-state index is 12.6. The number of rotatable bonds is 5. The second-order valence-electron chi connectivity index (χ2n) is 6.95. The summed E-state index contributed by atoms with van der Waals surface area (Å²) in [6.07, 6.45) is 3.16. The van der Waals surface area contributed by atoms with Crippen molar-refractivity contribution >= 4 is 17.5 Å². The first-order valence-corrected chi connectivity index (χ1v) is 8.43. The fraction of sp³-hybridized carbons (Fsp3) is 0.250. The van der Waals surface area contributed by atoms with Gasteiger partial charge in [-0.2, -0.15) is 0 Å². The number of nitrogens with zero attached hydrogens (tertiary/aromatic N) is 2. The predicted octanol–water partition coefficient (Wildman–Crippen LogP) is 4.23. The largest absolute Gasteiger partial charge is 0.467 e. The van der Waals surface area contributed by atoms with Gasteiger partial charge in [0.25, 0.3) is 5.91 Å². The molecular formula is C20H22N4O2. The van der Waals surface area contributed by atoms with E-state index in [9.17, 15) is 4.79 Å². The predicted molar refractivity (Wildman–Crippen MR) is 101 cm³/mol. The van der Waals surface area contributed by atoms with Gasteiger partial charge in [0.2, 0.25) is 5.95 Å². The van der Waals surface area contributed by atoms with E-state index in [1.807, 2.05) is 36.4 Å². The normalized spacial score (nSPS) is 11.2. The Morgan fingerprint density at radius 1 is 1.12 bits per heavy atom. The molecular weight excluding hydrogens is 328 g/mol. The standard InChI is InChI=1S/C20H22N4O2/c1-20(2,3)15-8-4-5-9-16(15)23-18(25)17-10-11-21-19(24-17)22-13-14-7-6-12-26-14/h4-12H,13H2,1-3H3,(H,23,25)(H,21,22,24). The number of para-hydroxylation sites is 1. The van der Waals surface area contributed by atoms with Crippen LogP contribution in [0.15, 0.2) is 59.3 Å². The molecule has 134 valence electrons. The number of anilines is 2. The molecule has 3 rings (SSSR count). The van der Waals surface area contributed by atoms with Crippen LogP contribution in [0, 0.1) is 0 Å². The van der Waals surface area contributed by atoms with Crippen molar-refractivity contribution in [2.45, 2.75) is 32.7 Å². The van der Waals surface area contributed by atoms with Crippen LogP contribution in [-0.2, 0) is 12.0 Å². The number of aromatic nitrogens is 2. The molecule has 0 atom stereocenters. The summed E-state index contributed by atoms with van der Waals surface area (Å²) in [5.74, 6) is 0.867. The van der Waals surface area contributed by atoms with Gasteiger partial charge in [-0.25, -0.2) is 9.97 Å². The molecule has 1 aromatic carbocycles. The molecule has 26 heavy (non-hydrogen) atoms. The van der Waals surface area contributed by atoms with Gasteiger partial charge in [-0.1, -0.05) is 39.0 Å². The van der Waals surface area contributed by atoms with Crippen molar-refractivity contribution in [1.82, 2.24) is 9.97 Å². The molecule has 3 aromatic rings. The van der Waals surface area contributed by atoms with E-state index in [4.69, 9.17) is 4.42 Å². The average molecular weight is 350 g/mol. The van der Waals surface area contributed by atoms with Crippen molar-refractivity contribution in [1.29, 1.82) is 0 Å². The van der Waals surface area contributed by atoms with Crippen LogP contribution in [-0.4, -0.2) is 15.9 Å². The monoisotopic (exact) mass is 350 g/mol. The van der Waals surface area contributed by atoms with Crippen LogP contribution >= 0.6 is 0 Å². The van der Waals surface area contributed by atoms with Crippen molar-refractivity contribution in [2.24, 2.45) is 0 Å². The van der Waals surface area contributed by atoms with E-state index >= 15 is 0 Å². The molecule has 0 spiro atoms. The van der Waals surface area contributed by atoms with Crippen molar-refractivity contribution < 1.29 is 9.21 Å². The average Bonchev–Trinajstić information content (AvgIpc) is 3.13. The van der Waals surface area contributed by atoms with Gasteiger partial charge in [0.15, 0.2) is 0 Å². The number of hydrogen-bond donors (Lipinski definition) is 2. The molecule has 0 saturated carbocycles. The lowest BCUT2D eigenvalue weighted by Gasteiger charge is -2.22. The maximum Gasteiger partial charge on any atom is 0.274 e. The SMILES string of the molecule is CC(C)(C)c1ccccc1NC(=O)c1ccnc(NCc2ccco2)n1. The van der Waals surface area contributed by atoms with Crippen LogP contribution in [0.5, 0.6) is 0 Å². The van der Waals surface area contributed by atoms with Gasteiger partial charge in [-0.15, -0.1) is 0 Å². The highest BCUT2D eigenvalue weighted by molar-refractivity contribution is 6.03. The third kappa shape index (κ3) is 4.27. The Balaban J connectivity index is 1.74. The lowest BCUT2D eigenvalue weighted by atomic mass is 9.86. The summed E-state index contributed by atoms with van der Waals surface area (Å²) >= 11 is 0. The number of carbonyl (C=O) groups excluding carboxylic acids is 1. The summed E-state index contributed by atoms with van der Waals surface area (Å²) in [6.45, 7) is 6.78. The van der Waals surface area contributed by atoms with Gasteiger partial charge in [0.05, 0.1) is 12.8 Å². The van der Waals surface area contributed by atoms with E-state index < -0.39 is 0 Å². The van der Waals surface area contributed by atoms with E-state index in [2.05, 4.69) is 41.4 Å². The zero-order valence-corrected chi connectivity index (χ0v) is 15.1. The number of nitrogens with one attached hydrogen (secondary N) is 2. The molecule has 0 saturated heterocycles. The lowest BCUT2D eigenvalue weighted by molar-refractivity contribution is 0.102. The summed E-state index contributed by atoms with van der Waals surface area (Å²) in [4.78, 5) is 21.1. The molecule has 0 bridgehead atoms. The molecule has 0 aliphatic carbocycles. The van der Waals surface area contributed by atoms with Gasteiger partial charge in [0.1, 0.15) is 11.5 Å². The summed E-state index contributed by atoms with van der Waals surface area (Å²) in [6, 6.07) is 13.1. The van der Waals surface area contributed by atoms with Crippen molar-refractivity contribution in [3.8, 4) is 0 Å². The molecule has 2 aromatic heterocycles. The van der Waals surface area contributed by atoms with E-state index in [1.54, 1.807) is 18.5 Å². The Kier molecular flexibility index (Phi) is 5.02. The molecule has 1 amide bonds. The van der Waals surface area contributed by atoms with Crippen molar-refractivity contribution in [3.05, 3.63) is 71.9 Å². The first-order valence-electron chi connectivity index (χ1n) is 8.43. The van der Waals surface area contributed by atoms with Gasteiger partial charge in [-0.3, -0.25) is 4.79 Å². The fourth-order valence-corrected chi connectivity index (χ4v) is 2.58. The highest BCUT2D eigenvalue weighted by Gasteiger charge is 2.19. The first kappa shape index (κ1) is 17.7. The van der Waals surface area contributed by atoms with Crippen molar-refractivity contribution in [2.75, 3.05) is 10.6 Å². The maximum absolute atomic E-state index is 12.6. The molecule has 6 heteroatoms. The Morgan fingerprint density at radius 3 is 2.65 bits per heavy atom. The van der Waals surface area contributed by atoms with Gasteiger partial charge in [0, 0.05) is 11.9 Å². The Labute approximate surface area is 152 Å². The molecule has 2 N–H and O–H groups in total. The van der Waals surface area contributed by atoms with Crippen LogP contribution in [0.2, 0.25) is 0 Å². The van der Waals surface area contributed by atoms with Crippen LogP contribution in [0.4, 0.5) is 11.6 Å². The number of carbonyl (C=O) groups is 1. The summed E-state index contributed by atoms with van der Waals surface area (Å²) in [7, 11) is 0. The van der Waals surface area contributed by atoms with E-state index in [-0.39, 0.29) is 11.3 Å². The highest BCUT2D eigenvalue weighted by atomic mass is 16.3. The third-order valence-electron chi connectivity index (χ3n) is 3.87. The second-order valence-corrected chi connectivity index (χ2v) is 6.95. The molecule has 0 radical (unpaired) electrons. The topological polar surface area (TPSA) is 80.0 Å². The Hall–Kier alpha value is -3.15. The molecule has 0 aliphatic rings. The van der Waals surface area contributed by atoms with Gasteiger partial charge < -0.3 is 15.1 Å². The zero-order valence-electron chi connectivity index (χ0n) is 15.1.